The molecule has 0 bridgehead atoms. The number of nitrogens with zero attached hydrogens (tertiary/aromatic N) is 4. The predicted molar refractivity (Wildman–Crippen MR) is 70.7 cm³/mol. The summed E-state index contributed by atoms with van der Waals surface area (Å²) < 4.78 is 27.6. The molecule has 1 aliphatic rings. The molecule has 2 rings (SSSR count). The fourth-order valence-corrected chi connectivity index (χ4v) is 3.49. The maximum Gasteiger partial charge on any atom is 0.304 e. The van der Waals surface area contributed by atoms with Crippen LogP contribution in [0.5, 0.6) is 0 Å². The lowest BCUT2D eigenvalue weighted by molar-refractivity contribution is -0.137. The number of rotatable bonds is 5. The van der Waals surface area contributed by atoms with Crippen molar-refractivity contribution < 1.29 is 18.3 Å². The molecular weight excluding hydrogens is 284 g/mol. The third-order valence-electron chi connectivity index (χ3n) is 3.26. The second kappa shape index (κ2) is 5.90. The Kier molecular flexibility index (Phi) is 4.41. The van der Waals surface area contributed by atoms with Crippen LogP contribution in [0.1, 0.15) is 6.42 Å². The number of aliphatic carboxylic acids is 1. The van der Waals surface area contributed by atoms with Gasteiger partial charge in [0, 0.05) is 46.0 Å². The number of imidazole rings is 1. The highest BCUT2D eigenvalue weighted by Gasteiger charge is 2.29. The van der Waals surface area contributed by atoms with Gasteiger partial charge in [-0.2, -0.15) is 4.31 Å². The van der Waals surface area contributed by atoms with E-state index in [1.165, 1.54) is 16.8 Å². The number of hydrogen-bond acceptors (Lipinski definition) is 5. The number of hydrogen-bond donors (Lipinski definition) is 1. The van der Waals surface area contributed by atoms with E-state index in [0.29, 0.717) is 32.7 Å². The predicted octanol–water partition coefficient (Wildman–Crippen LogP) is -0.799. The maximum absolute atomic E-state index is 12.3. The molecule has 9 heteroatoms. The molecule has 1 aromatic rings. The lowest BCUT2D eigenvalue weighted by atomic mass is 10.3. The lowest BCUT2D eigenvalue weighted by Crippen LogP contribution is -2.49. The molecule has 8 nitrogen and oxygen atoms in total. The monoisotopic (exact) mass is 302 g/mol. The van der Waals surface area contributed by atoms with E-state index >= 15 is 0 Å². The number of carboxylic acids is 1. The van der Waals surface area contributed by atoms with E-state index < -0.39 is 16.0 Å². The Labute approximate surface area is 117 Å². The Morgan fingerprint density at radius 3 is 2.50 bits per heavy atom. The Morgan fingerprint density at radius 2 is 2.00 bits per heavy atom. The van der Waals surface area contributed by atoms with Crippen LogP contribution < -0.4 is 0 Å². The van der Waals surface area contributed by atoms with Crippen molar-refractivity contribution >= 4 is 16.0 Å². The first-order chi connectivity index (χ1) is 9.39. The van der Waals surface area contributed by atoms with Crippen molar-refractivity contribution in [3.05, 3.63) is 12.5 Å². The van der Waals surface area contributed by atoms with Crippen LogP contribution in [0.3, 0.4) is 0 Å². The zero-order valence-electron chi connectivity index (χ0n) is 11.3. The molecule has 1 fully saturated rings. The highest BCUT2D eigenvalue weighted by Crippen LogP contribution is 2.15. The molecule has 1 N–H and O–H groups in total. The van der Waals surface area contributed by atoms with Crippen molar-refractivity contribution in [1.82, 2.24) is 18.8 Å². The number of piperazine rings is 1. The minimum atomic E-state index is -3.54. The Morgan fingerprint density at radius 1 is 1.35 bits per heavy atom. The highest BCUT2D eigenvalue weighted by atomic mass is 32.2. The first-order valence-corrected chi connectivity index (χ1v) is 7.76. The molecule has 0 radical (unpaired) electrons. The summed E-state index contributed by atoms with van der Waals surface area (Å²) in [7, 11) is -1.82. The largest absolute Gasteiger partial charge is 0.481 e. The van der Waals surface area contributed by atoms with E-state index in [1.807, 2.05) is 4.90 Å². The van der Waals surface area contributed by atoms with Gasteiger partial charge in [0.1, 0.15) is 0 Å². The van der Waals surface area contributed by atoms with Crippen LogP contribution in [0.25, 0.3) is 0 Å². The third-order valence-corrected chi connectivity index (χ3v) is 5.04. The summed E-state index contributed by atoms with van der Waals surface area (Å²) in [5.74, 6) is -0.839. The summed E-state index contributed by atoms with van der Waals surface area (Å²) >= 11 is 0. The fourth-order valence-electron chi connectivity index (χ4n) is 2.10. The smallest absolute Gasteiger partial charge is 0.304 e. The Balaban J connectivity index is 1.95. The van der Waals surface area contributed by atoms with E-state index in [9.17, 15) is 13.2 Å². The zero-order chi connectivity index (χ0) is 14.8. The van der Waals surface area contributed by atoms with Gasteiger partial charge >= 0.3 is 5.97 Å². The lowest BCUT2D eigenvalue weighted by Gasteiger charge is -2.33. The molecule has 1 aliphatic heterocycles. The highest BCUT2D eigenvalue weighted by molar-refractivity contribution is 7.89. The van der Waals surface area contributed by atoms with Crippen molar-refractivity contribution in [3.63, 3.8) is 0 Å². The van der Waals surface area contributed by atoms with Gasteiger partial charge in [-0.1, -0.05) is 0 Å². The SMILES string of the molecule is Cn1cnc(S(=O)(=O)N2CCN(CCC(=O)O)CC2)c1. The molecule has 0 aliphatic carbocycles. The van der Waals surface area contributed by atoms with Gasteiger partial charge in [0.15, 0.2) is 5.03 Å². The van der Waals surface area contributed by atoms with E-state index in [2.05, 4.69) is 4.98 Å². The fraction of sp³-hybridized carbons (Fsp3) is 0.636. The van der Waals surface area contributed by atoms with Crippen LogP contribution in [-0.4, -0.2) is 71.0 Å². The molecule has 20 heavy (non-hydrogen) atoms. The number of aromatic nitrogens is 2. The quantitative estimate of drug-likeness (QED) is 0.765. The van der Waals surface area contributed by atoms with Gasteiger partial charge in [0.05, 0.1) is 12.7 Å². The molecule has 1 aromatic heterocycles. The van der Waals surface area contributed by atoms with Gasteiger partial charge in [0.2, 0.25) is 0 Å². The second-order valence-electron chi connectivity index (χ2n) is 4.77. The molecule has 0 aromatic carbocycles. The van der Waals surface area contributed by atoms with Gasteiger partial charge < -0.3 is 14.6 Å². The van der Waals surface area contributed by atoms with Crippen molar-refractivity contribution in [3.8, 4) is 0 Å². The van der Waals surface area contributed by atoms with Crippen LogP contribution in [0, 0.1) is 0 Å². The topological polar surface area (TPSA) is 95.7 Å². The van der Waals surface area contributed by atoms with E-state index in [-0.39, 0.29) is 11.4 Å². The van der Waals surface area contributed by atoms with Crippen molar-refractivity contribution in [2.45, 2.75) is 11.4 Å². The van der Waals surface area contributed by atoms with Crippen LogP contribution in [0.4, 0.5) is 0 Å². The number of aryl methyl sites for hydroxylation is 1. The summed E-state index contributed by atoms with van der Waals surface area (Å²) in [6.45, 7) is 2.25. The summed E-state index contributed by atoms with van der Waals surface area (Å²) in [5, 5.41) is 8.69. The number of carboxylic acid groups (broad SMARTS) is 1. The van der Waals surface area contributed by atoms with Gasteiger partial charge in [0.25, 0.3) is 10.0 Å². The molecule has 0 saturated carbocycles. The first kappa shape index (κ1) is 14.9. The molecule has 0 amide bonds. The van der Waals surface area contributed by atoms with Crippen LogP contribution in [0.15, 0.2) is 17.6 Å². The molecule has 112 valence electrons. The molecule has 1 saturated heterocycles. The van der Waals surface area contributed by atoms with Crippen LogP contribution in [-0.2, 0) is 21.9 Å². The molecule has 0 unspecified atom stereocenters. The van der Waals surface area contributed by atoms with Crippen LogP contribution >= 0.6 is 0 Å². The van der Waals surface area contributed by atoms with Gasteiger partial charge in [-0.05, 0) is 0 Å². The van der Waals surface area contributed by atoms with Gasteiger partial charge in [-0.3, -0.25) is 4.79 Å². The summed E-state index contributed by atoms with van der Waals surface area (Å²) in [4.78, 5) is 16.3. The van der Waals surface area contributed by atoms with E-state index in [0.717, 1.165) is 0 Å². The molecule has 2 heterocycles. The average Bonchev–Trinajstić information content (AvgIpc) is 2.84. The van der Waals surface area contributed by atoms with Crippen molar-refractivity contribution in [2.24, 2.45) is 7.05 Å². The number of carbonyl (C=O) groups is 1. The summed E-state index contributed by atoms with van der Waals surface area (Å²) in [5.41, 5.74) is 0. The van der Waals surface area contributed by atoms with Gasteiger partial charge in [-0.25, -0.2) is 13.4 Å². The second-order valence-corrected chi connectivity index (χ2v) is 6.65. The minimum Gasteiger partial charge on any atom is -0.481 e. The average molecular weight is 302 g/mol. The molecule has 0 spiro atoms. The van der Waals surface area contributed by atoms with Crippen molar-refractivity contribution in [2.75, 3.05) is 32.7 Å². The van der Waals surface area contributed by atoms with Crippen molar-refractivity contribution in [1.29, 1.82) is 0 Å². The number of sulfonamides is 1. The Hall–Kier alpha value is -1.45. The maximum atomic E-state index is 12.3. The minimum absolute atomic E-state index is 0.0546. The first-order valence-electron chi connectivity index (χ1n) is 6.32. The standard InChI is InChI=1S/C11H18N4O4S/c1-13-8-10(12-9-13)20(18,19)15-6-4-14(5-7-15)3-2-11(16)17/h8-9H,2-7H2,1H3,(H,16,17). The van der Waals surface area contributed by atoms with Gasteiger partial charge in [-0.15, -0.1) is 0 Å². The Bertz CT molecular complexity index is 575. The normalized spacial score (nSPS) is 18.2. The van der Waals surface area contributed by atoms with E-state index in [4.69, 9.17) is 5.11 Å². The van der Waals surface area contributed by atoms with E-state index in [1.54, 1.807) is 11.6 Å². The molecular formula is C11H18N4O4S. The van der Waals surface area contributed by atoms with Crippen LogP contribution in [0.2, 0.25) is 0 Å². The summed E-state index contributed by atoms with van der Waals surface area (Å²) in [6, 6.07) is 0. The molecule has 0 atom stereocenters. The zero-order valence-corrected chi connectivity index (χ0v) is 12.1. The summed E-state index contributed by atoms with van der Waals surface area (Å²) in [6.07, 6.45) is 3.01. The third kappa shape index (κ3) is 3.35.